The topological polar surface area (TPSA) is 94.6 Å². The number of carbonyl (C=O) groups excluding carboxylic acids is 3. The maximum absolute atomic E-state index is 13.1. The van der Waals surface area contributed by atoms with E-state index in [1.54, 1.807) is 24.3 Å². The zero-order valence-electron chi connectivity index (χ0n) is 18.4. The van der Waals surface area contributed by atoms with Crippen LogP contribution in [0.5, 0.6) is 0 Å². The number of piperazine rings is 1. The minimum atomic E-state index is -1.01. The molecule has 2 N–H and O–H groups in total. The van der Waals surface area contributed by atoms with Gasteiger partial charge in [-0.25, -0.2) is 9.78 Å². The minimum absolute atomic E-state index is 0.0230. The van der Waals surface area contributed by atoms with E-state index in [1.165, 1.54) is 0 Å². The van der Waals surface area contributed by atoms with Crippen molar-refractivity contribution in [1.82, 2.24) is 20.5 Å². The molecule has 8 heteroatoms. The van der Waals surface area contributed by atoms with E-state index in [0.717, 1.165) is 48.4 Å². The number of aryl methyl sites for hydroxylation is 2. The summed E-state index contributed by atoms with van der Waals surface area (Å²) in [7, 11) is 0. The van der Waals surface area contributed by atoms with Crippen LogP contribution in [0.25, 0.3) is 0 Å². The highest BCUT2D eigenvalue weighted by Crippen LogP contribution is 2.47. The third kappa shape index (κ3) is 3.39. The zero-order valence-corrected chi connectivity index (χ0v) is 18.4. The number of imide groups is 1. The fraction of sp³-hybridized carbons (Fsp3) is 0.417. The molecule has 1 atom stereocenters. The average Bonchev–Trinajstić information content (AvgIpc) is 3.59. The molecule has 166 valence electrons. The summed E-state index contributed by atoms with van der Waals surface area (Å²) in [5.74, 6) is 0.752. The second kappa shape index (κ2) is 7.62. The summed E-state index contributed by atoms with van der Waals surface area (Å²) in [4.78, 5) is 46.1. The van der Waals surface area contributed by atoms with Gasteiger partial charge in [0.25, 0.3) is 11.8 Å². The molecule has 1 aliphatic carbocycles. The first-order valence-electron chi connectivity index (χ1n) is 11.1. The highest BCUT2D eigenvalue weighted by Gasteiger charge is 2.57. The van der Waals surface area contributed by atoms with Crippen molar-refractivity contribution < 1.29 is 14.4 Å². The molecule has 0 bridgehead atoms. The molecule has 3 aliphatic rings. The van der Waals surface area contributed by atoms with E-state index in [0.29, 0.717) is 18.7 Å². The quantitative estimate of drug-likeness (QED) is 0.721. The van der Waals surface area contributed by atoms with Crippen molar-refractivity contribution in [1.29, 1.82) is 0 Å². The fourth-order valence-corrected chi connectivity index (χ4v) is 4.93. The van der Waals surface area contributed by atoms with Gasteiger partial charge >= 0.3 is 6.03 Å². The van der Waals surface area contributed by atoms with Crippen molar-refractivity contribution in [2.45, 2.75) is 32.2 Å². The van der Waals surface area contributed by atoms with Gasteiger partial charge in [-0.05, 0) is 61.4 Å². The maximum Gasteiger partial charge on any atom is 0.322 e. The summed E-state index contributed by atoms with van der Waals surface area (Å²) in [6.07, 6.45) is 3.67. The summed E-state index contributed by atoms with van der Waals surface area (Å²) < 4.78 is 0. The molecule has 1 aromatic heterocycles. The van der Waals surface area contributed by atoms with Crippen molar-refractivity contribution in [3.8, 4) is 0 Å². The largest absolute Gasteiger partial charge is 0.353 e. The Bertz CT molecular complexity index is 1090. The second-order valence-corrected chi connectivity index (χ2v) is 9.00. The SMILES string of the molecule is Cc1cnc(N2CCN(C(=O)c3ccc(C4(C5CC5)NC(=O)NC4=O)cc3)CC2)c(C)c1. The molecular weight excluding hydrogens is 406 g/mol. The second-order valence-electron chi connectivity index (χ2n) is 9.00. The van der Waals surface area contributed by atoms with E-state index in [4.69, 9.17) is 0 Å². The lowest BCUT2D eigenvalue weighted by molar-refractivity contribution is -0.125. The van der Waals surface area contributed by atoms with Gasteiger partial charge in [-0.15, -0.1) is 0 Å². The molecule has 2 aliphatic heterocycles. The molecule has 2 saturated heterocycles. The van der Waals surface area contributed by atoms with Crippen LogP contribution in [0.3, 0.4) is 0 Å². The molecule has 2 aromatic rings. The van der Waals surface area contributed by atoms with Crippen molar-refractivity contribution in [2.24, 2.45) is 5.92 Å². The fourth-order valence-electron chi connectivity index (χ4n) is 4.93. The monoisotopic (exact) mass is 433 g/mol. The Balaban J connectivity index is 1.28. The minimum Gasteiger partial charge on any atom is -0.353 e. The lowest BCUT2D eigenvalue weighted by atomic mass is 9.84. The number of nitrogens with zero attached hydrogens (tertiary/aromatic N) is 3. The number of pyridine rings is 1. The van der Waals surface area contributed by atoms with Crippen LogP contribution >= 0.6 is 0 Å². The predicted octanol–water partition coefficient (Wildman–Crippen LogP) is 2.11. The van der Waals surface area contributed by atoms with Crippen molar-refractivity contribution in [3.63, 3.8) is 0 Å². The molecule has 1 unspecified atom stereocenters. The van der Waals surface area contributed by atoms with Crippen molar-refractivity contribution >= 4 is 23.7 Å². The van der Waals surface area contributed by atoms with Crippen LogP contribution in [0.1, 0.15) is 39.9 Å². The summed E-state index contributed by atoms with van der Waals surface area (Å²) in [5.41, 5.74) is 2.59. The molecule has 8 nitrogen and oxygen atoms in total. The van der Waals surface area contributed by atoms with Crippen LogP contribution in [0.15, 0.2) is 36.5 Å². The molecule has 1 saturated carbocycles. The zero-order chi connectivity index (χ0) is 22.5. The molecule has 32 heavy (non-hydrogen) atoms. The number of nitrogens with one attached hydrogen (secondary N) is 2. The summed E-state index contributed by atoms with van der Waals surface area (Å²) in [5, 5.41) is 5.20. The molecule has 3 fully saturated rings. The molecule has 4 amide bonds. The van der Waals surface area contributed by atoms with Crippen LogP contribution in [0, 0.1) is 19.8 Å². The van der Waals surface area contributed by atoms with Gasteiger partial charge in [0.1, 0.15) is 11.4 Å². The first kappa shape index (κ1) is 20.5. The molecule has 0 spiro atoms. The van der Waals surface area contributed by atoms with Gasteiger partial charge < -0.3 is 15.1 Å². The van der Waals surface area contributed by atoms with Crippen LogP contribution in [-0.4, -0.2) is 53.9 Å². The van der Waals surface area contributed by atoms with Gasteiger partial charge in [0.2, 0.25) is 0 Å². The smallest absolute Gasteiger partial charge is 0.322 e. The lowest BCUT2D eigenvalue weighted by Crippen LogP contribution is -2.49. The number of rotatable bonds is 4. The molecule has 0 radical (unpaired) electrons. The highest BCUT2D eigenvalue weighted by molar-refractivity contribution is 6.08. The first-order chi connectivity index (χ1) is 15.4. The lowest BCUT2D eigenvalue weighted by Gasteiger charge is -2.36. The van der Waals surface area contributed by atoms with E-state index >= 15 is 0 Å². The first-order valence-corrected chi connectivity index (χ1v) is 11.1. The summed E-state index contributed by atoms with van der Waals surface area (Å²) in [6, 6.07) is 8.79. The molecule has 1 aromatic carbocycles. The van der Waals surface area contributed by atoms with Gasteiger partial charge in [-0.3, -0.25) is 14.9 Å². The Morgan fingerprint density at radius 1 is 1.06 bits per heavy atom. The van der Waals surface area contributed by atoms with E-state index < -0.39 is 11.6 Å². The number of urea groups is 1. The van der Waals surface area contributed by atoms with Gasteiger partial charge in [-0.1, -0.05) is 18.2 Å². The molecule has 5 rings (SSSR count). The molecule has 3 heterocycles. The number of anilines is 1. The van der Waals surface area contributed by atoms with Crippen molar-refractivity contribution in [2.75, 3.05) is 31.1 Å². The number of carbonyl (C=O) groups is 3. The van der Waals surface area contributed by atoms with E-state index in [9.17, 15) is 14.4 Å². The average molecular weight is 434 g/mol. The number of benzene rings is 1. The normalized spacial score (nSPS) is 23.2. The third-order valence-electron chi connectivity index (χ3n) is 6.73. The number of amides is 4. The van der Waals surface area contributed by atoms with Crippen LogP contribution < -0.4 is 15.5 Å². The Labute approximate surface area is 187 Å². The highest BCUT2D eigenvalue weighted by atomic mass is 16.2. The van der Waals surface area contributed by atoms with E-state index in [-0.39, 0.29) is 17.7 Å². The maximum atomic E-state index is 13.1. The third-order valence-corrected chi connectivity index (χ3v) is 6.73. The van der Waals surface area contributed by atoms with Crippen molar-refractivity contribution in [3.05, 3.63) is 58.8 Å². The summed E-state index contributed by atoms with van der Waals surface area (Å²) in [6.45, 7) is 6.82. The number of hydrogen-bond acceptors (Lipinski definition) is 5. The van der Waals surface area contributed by atoms with Crippen LogP contribution in [-0.2, 0) is 10.3 Å². The van der Waals surface area contributed by atoms with Crippen LogP contribution in [0.2, 0.25) is 0 Å². The van der Waals surface area contributed by atoms with Gasteiger partial charge in [0, 0.05) is 37.9 Å². The van der Waals surface area contributed by atoms with E-state index in [2.05, 4.69) is 33.5 Å². The Hall–Kier alpha value is -3.42. The Morgan fingerprint density at radius 3 is 2.31 bits per heavy atom. The van der Waals surface area contributed by atoms with Gasteiger partial charge in [0.05, 0.1) is 0 Å². The van der Waals surface area contributed by atoms with E-state index in [1.807, 2.05) is 18.0 Å². The Morgan fingerprint density at radius 2 is 1.75 bits per heavy atom. The van der Waals surface area contributed by atoms with Crippen LogP contribution in [0.4, 0.5) is 10.6 Å². The predicted molar refractivity (Wildman–Crippen MR) is 119 cm³/mol. The van der Waals surface area contributed by atoms with Gasteiger partial charge in [-0.2, -0.15) is 0 Å². The molecular formula is C24H27N5O3. The Kier molecular flexibility index (Phi) is 4.87. The summed E-state index contributed by atoms with van der Waals surface area (Å²) >= 11 is 0. The standard InChI is InChI=1S/C24H27N5O3/c1-15-13-16(2)20(25-14-15)28-9-11-29(12-10-28)21(30)17-3-5-18(6-4-17)24(19-7-8-19)22(31)26-23(32)27-24/h3-6,13-14,19H,7-12H2,1-2H3,(H2,26,27,31,32). The van der Waals surface area contributed by atoms with Gasteiger partial charge in [0.15, 0.2) is 0 Å². The number of hydrogen-bond donors (Lipinski definition) is 2. The number of aromatic nitrogens is 1.